The number of ether oxygens (including phenoxy) is 1. The number of rotatable bonds is 16. The molecule has 0 aliphatic heterocycles. The Balaban J connectivity index is 1.52. The summed E-state index contributed by atoms with van der Waals surface area (Å²) >= 11 is 0. The molecule has 0 aliphatic rings. The highest BCUT2D eigenvalue weighted by Crippen LogP contribution is 2.20. The van der Waals surface area contributed by atoms with Gasteiger partial charge in [0, 0.05) is 25.7 Å². The van der Waals surface area contributed by atoms with Crippen LogP contribution in [0.5, 0.6) is 5.75 Å². The lowest BCUT2D eigenvalue weighted by Crippen LogP contribution is -2.26. The third-order valence-corrected chi connectivity index (χ3v) is 6.11. The summed E-state index contributed by atoms with van der Waals surface area (Å²) in [7, 11) is 0. The Kier molecular flexibility index (Phi) is 11.4. The van der Waals surface area contributed by atoms with Gasteiger partial charge in [0.2, 0.25) is 0 Å². The van der Waals surface area contributed by atoms with Gasteiger partial charge in [-0.1, -0.05) is 66.7 Å². The molecule has 3 rings (SSSR count). The van der Waals surface area contributed by atoms with Crippen molar-refractivity contribution in [3.63, 3.8) is 0 Å². The van der Waals surface area contributed by atoms with Gasteiger partial charge in [-0.2, -0.15) is 0 Å². The van der Waals surface area contributed by atoms with Gasteiger partial charge in [0.15, 0.2) is 0 Å². The molecule has 2 N–H and O–H groups in total. The Hall–Kier alpha value is -3.90. The number of benzene rings is 3. The molecule has 0 saturated carbocycles. The second kappa shape index (κ2) is 15.3. The molecule has 0 heterocycles. The Morgan fingerprint density at radius 3 is 2.24 bits per heavy atom. The van der Waals surface area contributed by atoms with Crippen LogP contribution in [0.2, 0.25) is 0 Å². The molecular formula is C31H35NO5. The summed E-state index contributed by atoms with van der Waals surface area (Å²) in [5, 5.41) is 18.1. The molecule has 0 unspecified atom stereocenters. The van der Waals surface area contributed by atoms with Crippen LogP contribution < -0.4 is 4.74 Å². The van der Waals surface area contributed by atoms with E-state index in [9.17, 15) is 9.59 Å². The Bertz CT molecular complexity index is 1140. The highest BCUT2D eigenvalue weighted by Gasteiger charge is 2.10. The minimum absolute atomic E-state index is 0.243. The predicted octanol–water partition coefficient (Wildman–Crippen LogP) is 5.86. The van der Waals surface area contributed by atoms with Crippen LogP contribution in [0.1, 0.15) is 46.3 Å². The molecule has 3 aromatic carbocycles. The van der Waals surface area contributed by atoms with Gasteiger partial charge in [-0.15, -0.1) is 0 Å². The molecule has 0 atom stereocenters. The number of para-hydroxylation sites is 1. The van der Waals surface area contributed by atoms with Crippen LogP contribution in [0.3, 0.4) is 0 Å². The first-order valence-electron chi connectivity index (χ1n) is 12.7. The van der Waals surface area contributed by atoms with Crippen molar-refractivity contribution in [2.75, 3.05) is 19.7 Å². The summed E-state index contributed by atoms with van der Waals surface area (Å²) in [4.78, 5) is 24.2. The number of unbranched alkanes of at least 4 members (excludes halogenated alkanes) is 2. The van der Waals surface area contributed by atoms with Gasteiger partial charge in [0.05, 0.1) is 12.2 Å². The van der Waals surface area contributed by atoms with Crippen molar-refractivity contribution in [2.45, 2.75) is 38.6 Å². The number of hydrogen-bond acceptors (Lipinski definition) is 4. The van der Waals surface area contributed by atoms with E-state index in [1.807, 2.05) is 24.3 Å². The van der Waals surface area contributed by atoms with Gasteiger partial charge in [0.25, 0.3) is 0 Å². The number of carbonyl (C=O) groups is 2. The maximum absolute atomic E-state index is 11.1. The van der Waals surface area contributed by atoms with Crippen LogP contribution in [0.25, 0.3) is 0 Å². The molecule has 0 radical (unpaired) electrons. The zero-order valence-electron chi connectivity index (χ0n) is 21.1. The number of carboxylic acids is 2. The van der Waals surface area contributed by atoms with E-state index in [1.54, 1.807) is 30.3 Å². The van der Waals surface area contributed by atoms with E-state index in [1.165, 1.54) is 5.56 Å². The molecule has 0 fully saturated rings. The maximum atomic E-state index is 11.1. The lowest BCUT2D eigenvalue weighted by Gasteiger charge is -2.22. The minimum atomic E-state index is -0.978. The fourth-order valence-electron chi connectivity index (χ4n) is 4.11. The first kappa shape index (κ1) is 27.7. The van der Waals surface area contributed by atoms with Crippen molar-refractivity contribution >= 4 is 11.9 Å². The number of nitrogens with zero attached hydrogens (tertiary/aromatic N) is 1. The lowest BCUT2D eigenvalue weighted by molar-refractivity contribution is -0.131. The van der Waals surface area contributed by atoms with Crippen LogP contribution in [0.4, 0.5) is 0 Å². The molecule has 0 saturated heterocycles. The number of aromatic carboxylic acids is 1. The summed E-state index contributed by atoms with van der Waals surface area (Å²) in [6.45, 7) is 2.42. The Morgan fingerprint density at radius 1 is 0.784 bits per heavy atom. The molecule has 0 amide bonds. The summed E-state index contributed by atoms with van der Waals surface area (Å²) < 4.78 is 6.12. The standard InChI is InChI=1S/C31H35NO5/c33-30(34)15-9-21-32(24-26-16-18-28(19-17-26)31(35)36)22-20-27-13-6-7-14-29(27)37-23-8-2-5-12-25-10-3-1-4-11-25/h1,3-4,6-7,9-11,13-19H,2,5,8,12,20-24H2,(H,33,34)(H,35,36). The van der Waals surface area contributed by atoms with Crippen molar-refractivity contribution in [1.29, 1.82) is 0 Å². The lowest BCUT2D eigenvalue weighted by atomic mass is 10.1. The van der Waals surface area contributed by atoms with Crippen molar-refractivity contribution in [3.05, 3.63) is 113 Å². The first-order valence-corrected chi connectivity index (χ1v) is 12.7. The second-order valence-corrected chi connectivity index (χ2v) is 8.98. The molecule has 37 heavy (non-hydrogen) atoms. The van der Waals surface area contributed by atoms with Crippen LogP contribution in [-0.4, -0.2) is 46.7 Å². The highest BCUT2D eigenvalue weighted by molar-refractivity contribution is 5.87. The largest absolute Gasteiger partial charge is 0.493 e. The highest BCUT2D eigenvalue weighted by atomic mass is 16.5. The first-order chi connectivity index (χ1) is 18.0. The molecule has 3 aromatic rings. The number of aryl methyl sites for hydroxylation is 1. The zero-order chi connectivity index (χ0) is 26.3. The molecular weight excluding hydrogens is 466 g/mol. The van der Waals surface area contributed by atoms with Crippen molar-refractivity contribution in [2.24, 2.45) is 0 Å². The van der Waals surface area contributed by atoms with E-state index in [0.29, 0.717) is 26.2 Å². The number of hydrogen-bond donors (Lipinski definition) is 2. The normalized spacial score (nSPS) is 11.2. The van der Waals surface area contributed by atoms with Gasteiger partial charge < -0.3 is 14.9 Å². The SMILES string of the molecule is O=C(O)C=CCN(CCc1ccccc1OCCCCCc1ccccc1)Cc1ccc(C(=O)O)cc1. The number of aliphatic carboxylic acids is 1. The van der Waals surface area contributed by atoms with Crippen LogP contribution in [0, 0.1) is 0 Å². The quantitative estimate of drug-likeness (QED) is 0.189. The van der Waals surface area contributed by atoms with E-state index in [2.05, 4.69) is 35.2 Å². The zero-order valence-corrected chi connectivity index (χ0v) is 21.1. The minimum Gasteiger partial charge on any atom is -0.493 e. The average molecular weight is 502 g/mol. The van der Waals surface area contributed by atoms with Crippen molar-refractivity contribution < 1.29 is 24.5 Å². The van der Waals surface area contributed by atoms with Crippen LogP contribution in [0.15, 0.2) is 91.0 Å². The third-order valence-electron chi connectivity index (χ3n) is 6.11. The summed E-state index contributed by atoms with van der Waals surface area (Å²) in [6.07, 6.45) is 7.87. The van der Waals surface area contributed by atoms with Crippen molar-refractivity contribution in [1.82, 2.24) is 4.90 Å². The molecule has 0 aliphatic carbocycles. The van der Waals surface area contributed by atoms with E-state index >= 15 is 0 Å². The van der Waals surface area contributed by atoms with E-state index in [0.717, 1.165) is 55.1 Å². The molecule has 194 valence electrons. The van der Waals surface area contributed by atoms with Crippen LogP contribution >= 0.6 is 0 Å². The third kappa shape index (κ3) is 10.3. The van der Waals surface area contributed by atoms with Gasteiger partial charge >= 0.3 is 11.9 Å². The second-order valence-electron chi connectivity index (χ2n) is 8.98. The van der Waals surface area contributed by atoms with Gasteiger partial charge in [-0.05, 0) is 67.0 Å². The van der Waals surface area contributed by atoms with E-state index in [-0.39, 0.29) is 5.56 Å². The molecule has 0 aromatic heterocycles. The van der Waals surface area contributed by atoms with E-state index < -0.39 is 11.9 Å². The van der Waals surface area contributed by atoms with E-state index in [4.69, 9.17) is 14.9 Å². The molecule has 0 bridgehead atoms. The fourth-order valence-corrected chi connectivity index (χ4v) is 4.11. The smallest absolute Gasteiger partial charge is 0.335 e. The fraction of sp³-hybridized carbons (Fsp3) is 0.290. The molecule has 6 heteroatoms. The van der Waals surface area contributed by atoms with Crippen LogP contribution in [-0.2, 0) is 24.2 Å². The maximum Gasteiger partial charge on any atom is 0.335 e. The topological polar surface area (TPSA) is 87.1 Å². The number of carboxylic acid groups (broad SMARTS) is 2. The van der Waals surface area contributed by atoms with Gasteiger partial charge in [-0.25, -0.2) is 9.59 Å². The summed E-state index contributed by atoms with van der Waals surface area (Å²) in [5.41, 5.74) is 3.69. The summed E-state index contributed by atoms with van der Waals surface area (Å²) in [6, 6.07) is 25.3. The Labute approximate surface area is 218 Å². The van der Waals surface area contributed by atoms with Crippen molar-refractivity contribution in [3.8, 4) is 5.75 Å². The monoisotopic (exact) mass is 501 g/mol. The Morgan fingerprint density at radius 2 is 1.51 bits per heavy atom. The van der Waals surface area contributed by atoms with Gasteiger partial charge in [-0.3, -0.25) is 4.90 Å². The predicted molar refractivity (Wildman–Crippen MR) is 145 cm³/mol. The summed E-state index contributed by atoms with van der Waals surface area (Å²) in [5.74, 6) is -1.05. The molecule has 6 nitrogen and oxygen atoms in total. The average Bonchev–Trinajstić information content (AvgIpc) is 2.90. The molecule has 0 spiro atoms. The van der Waals surface area contributed by atoms with Gasteiger partial charge in [0.1, 0.15) is 5.75 Å².